The first kappa shape index (κ1) is 15.3. The van der Waals surface area contributed by atoms with E-state index in [0.717, 1.165) is 10.4 Å². The molecule has 4 rings (SSSR count). The minimum Gasteiger partial charge on any atom is -0.463 e. The first-order valence-corrected chi connectivity index (χ1v) is 8.44. The van der Waals surface area contributed by atoms with E-state index in [-0.39, 0.29) is 5.91 Å². The summed E-state index contributed by atoms with van der Waals surface area (Å²) in [6.45, 7) is 0. The van der Waals surface area contributed by atoms with Crippen LogP contribution in [-0.2, 0) is 0 Å². The van der Waals surface area contributed by atoms with Crippen LogP contribution in [-0.4, -0.2) is 15.9 Å². The second-order valence-corrected chi connectivity index (χ2v) is 6.23. The largest absolute Gasteiger partial charge is 0.463 e. The molecule has 0 saturated heterocycles. The maximum absolute atomic E-state index is 12.4. The number of hydrogen-bond donors (Lipinski definition) is 1. The molecule has 0 fully saturated rings. The average molecular weight is 347 g/mol. The monoisotopic (exact) mass is 347 g/mol. The maximum atomic E-state index is 12.4. The van der Waals surface area contributed by atoms with E-state index in [9.17, 15) is 4.79 Å². The van der Waals surface area contributed by atoms with Crippen molar-refractivity contribution in [3.63, 3.8) is 0 Å². The van der Waals surface area contributed by atoms with Crippen LogP contribution in [0.5, 0.6) is 0 Å². The zero-order chi connectivity index (χ0) is 17.1. The Morgan fingerprint density at radius 3 is 2.52 bits per heavy atom. The molecule has 0 atom stereocenters. The molecule has 5 nitrogen and oxygen atoms in total. The van der Waals surface area contributed by atoms with Crippen LogP contribution >= 0.6 is 11.3 Å². The summed E-state index contributed by atoms with van der Waals surface area (Å²) < 4.78 is 5.51. The first-order chi connectivity index (χ1) is 12.3. The summed E-state index contributed by atoms with van der Waals surface area (Å²) in [6, 6.07) is 16.9. The fourth-order valence-corrected chi connectivity index (χ4v) is 3.38. The van der Waals surface area contributed by atoms with Crippen molar-refractivity contribution in [3.05, 3.63) is 78.8 Å². The number of pyridine rings is 1. The van der Waals surface area contributed by atoms with Gasteiger partial charge in [-0.1, -0.05) is 41.7 Å². The van der Waals surface area contributed by atoms with Crippen LogP contribution in [0, 0.1) is 0 Å². The third-order valence-corrected chi connectivity index (χ3v) is 4.60. The predicted molar refractivity (Wildman–Crippen MR) is 97.4 cm³/mol. The van der Waals surface area contributed by atoms with Crippen molar-refractivity contribution in [1.29, 1.82) is 0 Å². The molecule has 4 aromatic rings. The predicted octanol–water partition coefficient (Wildman–Crippen LogP) is 4.72. The molecule has 0 bridgehead atoms. The van der Waals surface area contributed by atoms with Gasteiger partial charge in [-0.3, -0.25) is 15.1 Å². The first-order valence-electron chi connectivity index (χ1n) is 7.63. The number of rotatable bonds is 4. The summed E-state index contributed by atoms with van der Waals surface area (Å²) in [5, 5.41) is 3.37. The highest BCUT2D eigenvalue weighted by Gasteiger charge is 2.18. The zero-order valence-electron chi connectivity index (χ0n) is 13.0. The summed E-state index contributed by atoms with van der Waals surface area (Å²) in [5.41, 5.74) is 2.27. The standard InChI is InChI=1S/C19H13N3O2S/c23-18(14-8-10-20-11-9-14)22-19-21-16(15-7-4-12-24-15)17(25-19)13-5-2-1-3-6-13/h1-12H,(H,21,22,23). The van der Waals surface area contributed by atoms with E-state index < -0.39 is 0 Å². The van der Waals surface area contributed by atoms with Crippen LogP contribution < -0.4 is 5.32 Å². The molecule has 1 amide bonds. The van der Waals surface area contributed by atoms with Crippen molar-refractivity contribution in [3.8, 4) is 21.9 Å². The van der Waals surface area contributed by atoms with Gasteiger partial charge < -0.3 is 4.42 Å². The Morgan fingerprint density at radius 1 is 1.00 bits per heavy atom. The highest BCUT2D eigenvalue weighted by Crippen LogP contribution is 2.39. The Morgan fingerprint density at radius 2 is 1.80 bits per heavy atom. The number of nitrogens with one attached hydrogen (secondary N) is 1. The Labute approximate surface area is 148 Å². The van der Waals surface area contributed by atoms with Crippen LogP contribution in [0.2, 0.25) is 0 Å². The van der Waals surface area contributed by atoms with E-state index in [1.165, 1.54) is 11.3 Å². The van der Waals surface area contributed by atoms with Crippen LogP contribution in [0.3, 0.4) is 0 Å². The lowest BCUT2D eigenvalue weighted by molar-refractivity contribution is 0.102. The Bertz CT molecular complexity index is 980. The molecule has 25 heavy (non-hydrogen) atoms. The lowest BCUT2D eigenvalue weighted by Crippen LogP contribution is -2.11. The number of hydrogen-bond acceptors (Lipinski definition) is 5. The second-order valence-electron chi connectivity index (χ2n) is 5.23. The molecule has 0 aliphatic rings. The van der Waals surface area contributed by atoms with Crippen molar-refractivity contribution < 1.29 is 9.21 Å². The number of aromatic nitrogens is 2. The van der Waals surface area contributed by atoms with Gasteiger partial charge in [-0.2, -0.15) is 0 Å². The van der Waals surface area contributed by atoms with Gasteiger partial charge in [0.1, 0.15) is 5.69 Å². The van der Waals surface area contributed by atoms with E-state index in [1.807, 2.05) is 42.5 Å². The highest BCUT2D eigenvalue weighted by atomic mass is 32.1. The van der Waals surface area contributed by atoms with Crippen molar-refractivity contribution in [2.75, 3.05) is 5.32 Å². The number of furan rings is 1. The minimum atomic E-state index is -0.221. The van der Waals surface area contributed by atoms with E-state index in [4.69, 9.17) is 4.42 Å². The van der Waals surface area contributed by atoms with Crippen LogP contribution in [0.1, 0.15) is 10.4 Å². The van der Waals surface area contributed by atoms with Crippen molar-refractivity contribution >= 4 is 22.4 Å². The van der Waals surface area contributed by atoms with Gasteiger partial charge in [-0.15, -0.1) is 0 Å². The summed E-state index contributed by atoms with van der Waals surface area (Å²) in [7, 11) is 0. The molecule has 0 aliphatic heterocycles. The van der Waals surface area contributed by atoms with E-state index in [1.54, 1.807) is 30.8 Å². The van der Waals surface area contributed by atoms with Gasteiger partial charge in [0.15, 0.2) is 10.9 Å². The van der Waals surface area contributed by atoms with E-state index in [0.29, 0.717) is 22.1 Å². The Balaban J connectivity index is 1.71. The number of thiazole rings is 1. The van der Waals surface area contributed by atoms with Crippen molar-refractivity contribution in [1.82, 2.24) is 9.97 Å². The molecule has 0 aliphatic carbocycles. The number of anilines is 1. The van der Waals surface area contributed by atoms with Gasteiger partial charge in [0, 0.05) is 18.0 Å². The third-order valence-electron chi connectivity index (χ3n) is 3.58. The molecule has 6 heteroatoms. The van der Waals surface area contributed by atoms with Gasteiger partial charge in [-0.05, 0) is 29.8 Å². The topological polar surface area (TPSA) is 68.0 Å². The SMILES string of the molecule is O=C(Nc1nc(-c2ccco2)c(-c2ccccc2)s1)c1ccncc1. The Kier molecular flexibility index (Phi) is 4.10. The average Bonchev–Trinajstić information content (AvgIpc) is 3.33. The van der Waals surface area contributed by atoms with Crippen LogP contribution in [0.15, 0.2) is 77.7 Å². The van der Waals surface area contributed by atoms with Gasteiger partial charge in [0.05, 0.1) is 11.1 Å². The zero-order valence-corrected chi connectivity index (χ0v) is 13.9. The molecule has 0 saturated carbocycles. The Hall–Kier alpha value is -3.25. The van der Waals surface area contributed by atoms with Crippen LogP contribution in [0.4, 0.5) is 5.13 Å². The second kappa shape index (κ2) is 6.70. The van der Waals surface area contributed by atoms with Gasteiger partial charge in [0.25, 0.3) is 5.91 Å². The summed E-state index contributed by atoms with van der Waals surface area (Å²) in [5.74, 6) is 0.446. The van der Waals surface area contributed by atoms with Crippen molar-refractivity contribution in [2.24, 2.45) is 0 Å². The molecule has 1 N–H and O–H groups in total. The summed E-state index contributed by atoms with van der Waals surface area (Å²) in [4.78, 5) is 21.8. The molecule has 122 valence electrons. The molecule has 1 aromatic carbocycles. The normalized spacial score (nSPS) is 10.6. The van der Waals surface area contributed by atoms with Gasteiger partial charge in [-0.25, -0.2) is 4.98 Å². The number of benzene rings is 1. The van der Waals surface area contributed by atoms with Gasteiger partial charge >= 0.3 is 0 Å². The van der Waals surface area contributed by atoms with Crippen LogP contribution in [0.25, 0.3) is 21.9 Å². The molecule has 0 radical (unpaired) electrons. The van der Waals surface area contributed by atoms with E-state index >= 15 is 0 Å². The minimum absolute atomic E-state index is 0.221. The fourth-order valence-electron chi connectivity index (χ4n) is 2.41. The molecular weight excluding hydrogens is 334 g/mol. The molecule has 0 unspecified atom stereocenters. The molecule has 0 spiro atoms. The third kappa shape index (κ3) is 3.20. The molecule has 3 aromatic heterocycles. The number of nitrogens with zero attached hydrogens (tertiary/aromatic N) is 2. The van der Waals surface area contributed by atoms with Crippen molar-refractivity contribution in [2.45, 2.75) is 0 Å². The quantitative estimate of drug-likeness (QED) is 0.580. The fraction of sp³-hybridized carbons (Fsp3) is 0. The van der Waals surface area contributed by atoms with E-state index in [2.05, 4.69) is 15.3 Å². The number of carbonyl (C=O) groups is 1. The molecular formula is C19H13N3O2S. The summed E-state index contributed by atoms with van der Waals surface area (Å²) in [6.07, 6.45) is 4.78. The molecule has 3 heterocycles. The lowest BCUT2D eigenvalue weighted by Gasteiger charge is -2.00. The smallest absolute Gasteiger partial charge is 0.257 e. The highest BCUT2D eigenvalue weighted by molar-refractivity contribution is 7.19. The van der Waals surface area contributed by atoms with Gasteiger partial charge in [0.2, 0.25) is 0 Å². The lowest BCUT2D eigenvalue weighted by atomic mass is 10.1. The number of carbonyl (C=O) groups excluding carboxylic acids is 1. The maximum Gasteiger partial charge on any atom is 0.257 e. The summed E-state index contributed by atoms with van der Waals surface area (Å²) >= 11 is 1.42. The number of amides is 1.